The van der Waals surface area contributed by atoms with E-state index in [2.05, 4.69) is 21.2 Å². The minimum Gasteiger partial charge on any atom is -0.326 e. The molecule has 24 heavy (non-hydrogen) atoms. The van der Waals surface area contributed by atoms with Crippen LogP contribution in [0.25, 0.3) is 0 Å². The Morgan fingerprint density at radius 3 is 2.50 bits per heavy atom. The molecule has 0 bridgehead atoms. The highest BCUT2D eigenvalue weighted by atomic mass is 79.9. The lowest BCUT2D eigenvalue weighted by atomic mass is 9.95. The van der Waals surface area contributed by atoms with E-state index in [1.165, 1.54) is 4.90 Å². The van der Waals surface area contributed by atoms with Crippen LogP contribution in [0, 0.1) is 5.92 Å². The second-order valence-electron chi connectivity index (χ2n) is 6.54. The van der Waals surface area contributed by atoms with E-state index in [1.807, 2.05) is 32.0 Å². The molecule has 1 aliphatic rings. The standard InChI is InChI=1S/C17H22BrF3N2O/c1-11(2)14-9-13(18)3-4-15(14)22-16(24)12-5-7-23(8-6-12)10-17(19,20)21/h3-4,9,11-12H,5-8,10H2,1-2H3,(H,22,24). The first-order chi connectivity index (χ1) is 11.2. The van der Waals surface area contributed by atoms with Crippen molar-refractivity contribution < 1.29 is 18.0 Å². The largest absolute Gasteiger partial charge is 0.401 e. The van der Waals surface area contributed by atoms with Gasteiger partial charge in [0.2, 0.25) is 5.91 Å². The van der Waals surface area contributed by atoms with Crippen LogP contribution >= 0.6 is 15.9 Å². The highest BCUT2D eigenvalue weighted by molar-refractivity contribution is 9.10. The van der Waals surface area contributed by atoms with Gasteiger partial charge in [0.05, 0.1) is 6.54 Å². The van der Waals surface area contributed by atoms with E-state index in [-0.39, 0.29) is 17.7 Å². The van der Waals surface area contributed by atoms with Crippen LogP contribution < -0.4 is 5.32 Å². The molecule has 1 saturated heterocycles. The Kier molecular flexibility index (Phi) is 6.31. The molecule has 0 radical (unpaired) electrons. The van der Waals surface area contributed by atoms with Gasteiger partial charge >= 0.3 is 6.18 Å². The first-order valence-corrected chi connectivity index (χ1v) is 8.84. The highest BCUT2D eigenvalue weighted by Gasteiger charge is 2.34. The van der Waals surface area contributed by atoms with Gasteiger partial charge in [-0.25, -0.2) is 0 Å². The van der Waals surface area contributed by atoms with Gasteiger partial charge < -0.3 is 5.32 Å². The van der Waals surface area contributed by atoms with Crippen molar-refractivity contribution in [2.75, 3.05) is 25.0 Å². The first kappa shape index (κ1) is 19.2. The summed E-state index contributed by atoms with van der Waals surface area (Å²) in [6.07, 6.45) is -3.27. The van der Waals surface area contributed by atoms with Crippen LogP contribution in [0.15, 0.2) is 22.7 Å². The summed E-state index contributed by atoms with van der Waals surface area (Å²) in [4.78, 5) is 13.8. The molecule has 1 heterocycles. The van der Waals surface area contributed by atoms with Crippen molar-refractivity contribution in [1.82, 2.24) is 4.90 Å². The molecule has 0 atom stereocenters. The molecule has 0 spiro atoms. The van der Waals surface area contributed by atoms with Gasteiger partial charge in [0.25, 0.3) is 0 Å². The number of rotatable bonds is 4. The third kappa shape index (κ3) is 5.48. The Balaban J connectivity index is 1.95. The van der Waals surface area contributed by atoms with Gasteiger partial charge in [0.1, 0.15) is 0 Å². The van der Waals surface area contributed by atoms with Crippen LogP contribution in [0.4, 0.5) is 18.9 Å². The Hall–Kier alpha value is -1.08. The fraction of sp³-hybridized carbons (Fsp3) is 0.588. The minimum absolute atomic E-state index is 0.106. The van der Waals surface area contributed by atoms with Crippen LogP contribution in [0.2, 0.25) is 0 Å². The number of benzene rings is 1. The van der Waals surface area contributed by atoms with Crippen LogP contribution in [0.1, 0.15) is 38.2 Å². The molecule has 7 heteroatoms. The number of alkyl halides is 3. The number of nitrogens with one attached hydrogen (secondary N) is 1. The summed E-state index contributed by atoms with van der Waals surface area (Å²) in [6.45, 7) is 3.80. The Morgan fingerprint density at radius 1 is 1.33 bits per heavy atom. The second kappa shape index (κ2) is 7.87. The molecule has 0 saturated carbocycles. The van der Waals surface area contributed by atoms with Crippen molar-refractivity contribution in [3.05, 3.63) is 28.2 Å². The molecule has 2 rings (SSSR count). The molecular formula is C17H22BrF3N2O. The number of hydrogen-bond acceptors (Lipinski definition) is 2. The molecule has 1 N–H and O–H groups in total. The zero-order valence-corrected chi connectivity index (χ0v) is 15.4. The maximum absolute atomic E-state index is 12.5. The summed E-state index contributed by atoms with van der Waals surface area (Å²) in [5.74, 6) is -0.0875. The maximum atomic E-state index is 12.5. The quantitative estimate of drug-likeness (QED) is 0.779. The number of halogens is 4. The first-order valence-electron chi connectivity index (χ1n) is 8.05. The van der Waals surface area contributed by atoms with Crippen molar-refractivity contribution in [2.45, 2.75) is 38.8 Å². The summed E-state index contributed by atoms with van der Waals surface area (Å²) in [6, 6.07) is 5.70. The van der Waals surface area contributed by atoms with E-state index in [1.54, 1.807) is 0 Å². The normalized spacial score (nSPS) is 17.3. The predicted octanol–water partition coefficient (Wildman–Crippen LogP) is 4.79. The lowest BCUT2D eigenvalue weighted by Gasteiger charge is -2.31. The second-order valence-corrected chi connectivity index (χ2v) is 7.46. The van der Waals surface area contributed by atoms with Crippen LogP contribution in [0.3, 0.4) is 0 Å². The summed E-state index contributed by atoms with van der Waals surface area (Å²) in [5, 5.41) is 2.95. The molecule has 1 aliphatic heterocycles. The molecule has 0 aliphatic carbocycles. The molecule has 1 aromatic rings. The fourth-order valence-corrected chi connectivity index (χ4v) is 3.35. The van der Waals surface area contributed by atoms with Gasteiger partial charge in [-0.1, -0.05) is 29.8 Å². The minimum atomic E-state index is -4.18. The summed E-state index contributed by atoms with van der Waals surface area (Å²) < 4.78 is 38.2. The van der Waals surface area contributed by atoms with Crippen molar-refractivity contribution in [3.8, 4) is 0 Å². The molecule has 1 amide bonds. The Bertz CT molecular complexity index is 582. The van der Waals surface area contributed by atoms with Gasteiger partial charge in [-0.3, -0.25) is 9.69 Å². The van der Waals surface area contributed by atoms with Crippen molar-refractivity contribution in [1.29, 1.82) is 0 Å². The molecule has 3 nitrogen and oxygen atoms in total. The Labute approximate surface area is 148 Å². The lowest BCUT2D eigenvalue weighted by molar-refractivity contribution is -0.149. The third-order valence-corrected chi connectivity index (χ3v) is 4.75. The number of anilines is 1. The van der Waals surface area contributed by atoms with Gasteiger partial charge in [0.15, 0.2) is 0 Å². The van der Waals surface area contributed by atoms with E-state index in [4.69, 9.17) is 0 Å². The molecule has 134 valence electrons. The number of hydrogen-bond donors (Lipinski definition) is 1. The van der Waals surface area contributed by atoms with Crippen molar-refractivity contribution in [3.63, 3.8) is 0 Å². The molecule has 0 unspecified atom stereocenters. The van der Waals surface area contributed by atoms with Gasteiger partial charge in [-0.05, 0) is 55.6 Å². The Morgan fingerprint density at radius 2 is 1.96 bits per heavy atom. The summed E-state index contributed by atoms with van der Waals surface area (Å²) in [7, 11) is 0. The number of piperidine rings is 1. The van der Waals surface area contributed by atoms with E-state index >= 15 is 0 Å². The van der Waals surface area contributed by atoms with E-state index in [0.717, 1.165) is 15.7 Å². The van der Waals surface area contributed by atoms with Crippen LogP contribution in [0.5, 0.6) is 0 Å². The van der Waals surface area contributed by atoms with E-state index in [0.29, 0.717) is 25.9 Å². The smallest absolute Gasteiger partial charge is 0.326 e. The lowest BCUT2D eigenvalue weighted by Crippen LogP contribution is -2.42. The molecule has 0 aromatic heterocycles. The average Bonchev–Trinajstić information content (AvgIpc) is 2.48. The highest BCUT2D eigenvalue weighted by Crippen LogP contribution is 2.29. The number of likely N-dealkylation sites (tertiary alicyclic amines) is 1. The molecule has 1 fully saturated rings. The molecular weight excluding hydrogens is 385 g/mol. The summed E-state index contributed by atoms with van der Waals surface area (Å²) >= 11 is 3.43. The number of nitrogens with zero attached hydrogens (tertiary/aromatic N) is 1. The predicted molar refractivity (Wildman–Crippen MR) is 92.1 cm³/mol. The number of carbonyl (C=O) groups excluding carboxylic acids is 1. The zero-order valence-electron chi connectivity index (χ0n) is 13.8. The topological polar surface area (TPSA) is 32.3 Å². The summed E-state index contributed by atoms with van der Waals surface area (Å²) in [5.41, 5.74) is 1.81. The van der Waals surface area contributed by atoms with Gasteiger partial charge in [-0.15, -0.1) is 0 Å². The van der Waals surface area contributed by atoms with Crippen LogP contribution in [-0.2, 0) is 4.79 Å². The van der Waals surface area contributed by atoms with E-state index in [9.17, 15) is 18.0 Å². The van der Waals surface area contributed by atoms with Gasteiger partial charge in [-0.2, -0.15) is 13.2 Å². The monoisotopic (exact) mass is 406 g/mol. The van der Waals surface area contributed by atoms with Crippen molar-refractivity contribution >= 4 is 27.5 Å². The number of amides is 1. The maximum Gasteiger partial charge on any atom is 0.401 e. The van der Waals surface area contributed by atoms with Crippen LogP contribution in [-0.4, -0.2) is 36.6 Å². The fourth-order valence-electron chi connectivity index (χ4n) is 2.97. The van der Waals surface area contributed by atoms with Crippen molar-refractivity contribution in [2.24, 2.45) is 5.92 Å². The van der Waals surface area contributed by atoms with Gasteiger partial charge in [0, 0.05) is 16.1 Å². The third-order valence-electron chi connectivity index (χ3n) is 4.25. The molecule has 1 aromatic carbocycles. The SMILES string of the molecule is CC(C)c1cc(Br)ccc1NC(=O)C1CCN(CC(F)(F)F)CC1. The average molecular weight is 407 g/mol. The van der Waals surface area contributed by atoms with E-state index < -0.39 is 12.7 Å². The zero-order chi connectivity index (χ0) is 17.9. The number of carbonyl (C=O) groups is 1.